The quantitative estimate of drug-likeness (QED) is 0.691. The zero-order chi connectivity index (χ0) is 19.4. The van der Waals surface area contributed by atoms with Crippen LogP contribution in [0.2, 0.25) is 0 Å². The largest absolute Gasteiger partial charge is 0.326 e. The SMILES string of the molecule is O=C(CC12CC3CC(CC(C3)C1)C2)Nc1ccc(-c2cn3cccnc3n2)cc1. The van der Waals surface area contributed by atoms with Gasteiger partial charge >= 0.3 is 0 Å². The summed E-state index contributed by atoms with van der Waals surface area (Å²) in [7, 11) is 0. The molecule has 0 unspecified atom stereocenters. The van der Waals surface area contributed by atoms with E-state index < -0.39 is 0 Å². The van der Waals surface area contributed by atoms with E-state index >= 15 is 0 Å². The van der Waals surface area contributed by atoms with E-state index in [1.807, 2.05) is 47.1 Å². The minimum absolute atomic E-state index is 0.177. The molecule has 4 aliphatic rings. The standard InChI is InChI=1S/C24H26N4O/c29-22(14-24-11-16-8-17(12-24)10-18(9-16)13-24)26-20-4-2-19(3-5-20)21-15-28-7-1-6-25-23(28)27-21/h1-7,15-18H,8-14H2,(H,26,29). The number of hydrogen-bond donors (Lipinski definition) is 1. The molecule has 3 aromatic rings. The Balaban J connectivity index is 1.14. The van der Waals surface area contributed by atoms with Gasteiger partial charge < -0.3 is 5.32 Å². The van der Waals surface area contributed by atoms with Gasteiger partial charge in [0.15, 0.2) is 0 Å². The van der Waals surface area contributed by atoms with Crippen LogP contribution in [0.4, 0.5) is 5.69 Å². The molecule has 4 fully saturated rings. The molecule has 0 spiro atoms. The third-order valence-electron chi connectivity index (χ3n) is 7.40. The van der Waals surface area contributed by atoms with Gasteiger partial charge in [0, 0.05) is 36.3 Å². The van der Waals surface area contributed by atoms with Gasteiger partial charge in [-0.25, -0.2) is 9.97 Å². The lowest BCUT2D eigenvalue weighted by Crippen LogP contribution is -2.47. The number of benzene rings is 1. The van der Waals surface area contributed by atoms with Crippen molar-refractivity contribution in [3.63, 3.8) is 0 Å². The van der Waals surface area contributed by atoms with Crippen LogP contribution in [0, 0.1) is 23.2 Å². The van der Waals surface area contributed by atoms with Crippen LogP contribution >= 0.6 is 0 Å². The molecular weight excluding hydrogens is 360 g/mol. The van der Waals surface area contributed by atoms with E-state index in [-0.39, 0.29) is 11.3 Å². The molecule has 5 heteroatoms. The number of nitrogens with one attached hydrogen (secondary N) is 1. The number of rotatable bonds is 4. The van der Waals surface area contributed by atoms with Crippen molar-refractivity contribution in [3.05, 3.63) is 48.9 Å². The summed E-state index contributed by atoms with van der Waals surface area (Å²) in [6, 6.07) is 9.87. The maximum atomic E-state index is 12.8. The Morgan fingerprint density at radius 1 is 1.07 bits per heavy atom. The fourth-order valence-corrected chi connectivity index (χ4v) is 6.75. The minimum Gasteiger partial charge on any atom is -0.326 e. The van der Waals surface area contributed by atoms with E-state index in [1.165, 1.54) is 38.5 Å². The molecule has 5 nitrogen and oxygen atoms in total. The summed E-state index contributed by atoms with van der Waals surface area (Å²) in [5.41, 5.74) is 3.05. The highest BCUT2D eigenvalue weighted by Crippen LogP contribution is 2.61. The first-order valence-corrected chi connectivity index (χ1v) is 10.8. The fraction of sp³-hybridized carbons (Fsp3) is 0.458. The lowest BCUT2D eigenvalue weighted by atomic mass is 9.49. The number of imidazole rings is 1. The summed E-state index contributed by atoms with van der Waals surface area (Å²) < 4.78 is 1.91. The first kappa shape index (κ1) is 17.2. The van der Waals surface area contributed by atoms with Gasteiger partial charge in [0.05, 0.1) is 5.69 Å². The molecule has 1 amide bonds. The third kappa shape index (κ3) is 3.13. The Kier molecular flexibility index (Phi) is 3.80. The van der Waals surface area contributed by atoms with Crippen LogP contribution in [-0.4, -0.2) is 20.3 Å². The zero-order valence-electron chi connectivity index (χ0n) is 16.6. The van der Waals surface area contributed by atoms with Crippen molar-refractivity contribution in [1.29, 1.82) is 0 Å². The summed E-state index contributed by atoms with van der Waals surface area (Å²) in [6.07, 6.45) is 14.4. The molecule has 0 saturated heterocycles. The Labute approximate surface area is 170 Å². The number of aromatic nitrogens is 3. The molecule has 4 bridgehead atoms. The molecule has 2 heterocycles. The Hall–Kier alpha value is -2.69. The second kappa shape index (κ2) is 6.41. The van der Waals surface area contributed by atoms with Crippen LogP contribution in [0.1, 0.15) is 44.9 Å². The number of carbonyl (C=O) groups excluding carboxylic acids is 1. The van der Waals surface area contributed by atoms with Gasteiger partial charge in [-0.3, -0.25) is 9.20 Å². The van der Waals surface area contributed by atoms with Crippen LogP contribution in [0.25, 0.3) is 17.0 Å². The van der Waals surface area contributed by atoms with Gasteiger partial charge in [-0.15, -0.1) is 0 Å². The normalized spacial score (nSPS) is 30.0. The van der Waals surface area contributed by atoms with E-state index in [4.69, 9.17) is 0 Å². The summed E-state index contributed by atoms with van der Waals surface area (Å²) in [4.78, 5) is 21.7. The first-order chi connectivity index (χ1) is 14.1. The second-order valence-electron chi connectivity index (χ2n) is 9.67. The summed E-state index contributed by atoms with van der Waals surface area (Å²) in [6.45, 7) is 0. The maximum absolute atomic E-state index is 12.8. The molecule has 4 aliphatic carbocycles. The molecule has 29 heavy (non-hydrogen) atoms. The Morgan fingerprint density at radius 2 is 1.76 bits per heavy atom. The van der Waals surface area contributed by atoms with Crippen LogP contribution in [0.5, 0.6) is 0 Å². The number of amides is 1. The van der Waals surface area contributed by atoms with Crippen LogP contribution in [0.15, 0.2) is 48.9 Å². The summed E-state index contributed by atoms with van der Waals surface area (Å²) in [5, 5.41) is 3.15. The number of fused-ring (bicyclic) bond motifs is 1. The molecule has 4 saturated carbocycles. The number of carbonyl (C=O) groups is 1. The second-order valence-corrected chi connectivity index (χ2v) is 9.67. The van der Waals surface area contributed by atoms with Crippen molar-refractivity contribution < 1.29 is 4.79 Å². The van der Waals surface area contributed by atoms with Crippen LogP contribution in [0.3, 0.4) is 0 Å². The van der Waals surface area contributed by atoms with E-state index in [0.29, 0.717) is 12.2 Å². The third-order valence-corrected chi connectivity index (χ3v) is 7.40. The molecule has 0 atom stereocenters. The molecule has 1 N–H and O–H groups in total. The minimum atomic E-state index is 0.177. The van der Waals surface area contributed by atoms with Crippen LogP contribution in [-0.2, 0) is 4.79 Å². The molecule has 0 radical (unpaired) electrons. The highest BCUT2D eigenvalue weighted by atomic mass is 16.1. The van der Waals surface area contributed by atoms with Gasteiger partial charge in [0.1, 0.15) is 0 Å². The summed E-state index contributed by atoms with van der Waals surface area (Å²) in [5.74, 6) is 3.52. The lowest BCUT2D eigenvalue weighted by Gasteiger charge is -2.56. The molecular formula is C24H26N4O. The van der Waals surface area contributed by atoms with Crippen molar-refractivity contribution >= 4 is 17.4 Å². The highest BCUT2D eigenvalue weighted by molar-refractivity contribution is 5.91. The average Bonchev–Trinajstić information content (AvgIpc) is 3.11. The molecule has 2 aromatic heterocycles. The number of nitrogens with zero attached hydrogens (tertiary/aromatic N) is 3. The van der Waals surface area contributed by atoms with E-state index in [2.05, 4.69) is 15.3 Å². The van der Waals surface area contributed by atoms with Gasteiger partial charge in [0.2, 0.25) is 11.7 Å². The van der Waals surface area contributed by atoms with Gasteiger partial charge in [-0.05, 0) is 79.9 Å². The van der Waals surface area contributed by atoms with Gasteiger partial charge in [-0.1, -0.05) is 12.1 Å². The number of anilines is 1. The van der Waals surface area contributed by atoms with Crippen molar-refractivity contribution in [3.8, 4) is 11.3 Å². The topological polar surface area (TPSA) is 59.3 Å². The molecule has 0 aliphatic heterocycles. The van der Waals surface area contributed by atoms with Gasteiger partial charge in [-0.2, -0.15) is 0 Å². The van der Waals surface area contributed by atoms with Crippen molar-refractivity contribution in [2.75, 3.05) is 5.32 Å². The Morgan fingerprint density at radius 3 is 2.41 bits per heavy atom. The lowest BCUT2D eigenvalue weighted by molar-refractivity contribution is -0.124. The zero-order valence-corrected chi connectivity index (χ0v) is 16.6. The van der Waals surface area contributed by atoms with E-state index in [0.717, 1.165) is 34.7 Å². The Bertz CT molecular complexity index is 1000. The van der Waals surface area contributed by atoms with Crippen LogP contribution < -0.4 is 5.32 Å². The smallest absolute Gasteiger partial charge is 0.234 e. The molecule has 1 aromatic carbocycles. The first-order valence-electron chi connectivity index (χ1n) is 10.8. The van der Waals surface area contributed by atoms with Crippen molar-refractivity contribution in [2.24, 2.45) is 23.2 Å². The maximum Gasteiger partial charge on any atom is 0.234 e. The predicted octanol–water partition coefficient (Wildman–Crippen LogP) is 4.94. The van der Waals surface area contributed by atoms with Gasteiger partial charge in [0.25, 0.3) is 0 Å². The van der Waals surface area contributed by atoms with E-state index in [1.54, 1.807) is 6.20 Å². The molecule has 7 rings (SSSR count). The van der Waals surface area contributed by atoms with Crippen molar-refractivity contribution in [2.45, 2.75) is 44.9 Å². The average molecular weight is 386 g/mol. The number of hydrogen-bond acceptors (Lipinski definition) is 3. The van der Waals surface area contributed by atoms with Crippen molar-refractivity contribution in [1.82, 2.24) is 14.4 Å². The van der Waals surface area contributed by atoms with E-state index in [9.17, 15) is 4.79 Å². The monoisotopic (exact) mass is 386 g/mol. The predicted molar refractivity (Wildman–Crippen MR) is 112 cm³/mol. The highest BCUT2D eigenvalue weighted by Gasteiger charge is 2.51. The molecule has 148 valence electrons. The fourth-order valence-electron chi connectivity index (χ4n) is 6.75. The summed E-state index contributed by atoms with van der Waals surface area (Å²) >= 11 is 0.